The van der Waals surface area contributed by atoms with E-state index in [1.54, 1.807) is 6.92 Å². The highest BCUT2D eigenvalue weighted by Gasteiger charge is 2.10. The van der Waals surface area contributed by atoms with Gasteiger partial charge < -0.3 is 4.74 Å². The van der Waals surface area contributed by atoms with Gasteiger partial charge in [-0.05, 0) is 18.9 Å². The topological polar surface area (TPSA) is 26.3 Å². The van der Waals surface area contributed by atoms with Crippen LogP contribution in [-0.2, 0) is 9.53 Å². The van der Waals surface area contributed by atoms with Crippen LogP contribution in [0.1, 0.15) is 65.2 Å². The first kappa shape index (κ1) is 17.1. The number of unbranched alkanes of at least 4 members (excludes halogenated alkanes) is 6. The zero-order valence-electron chi connectivity index (χ0n) is 12.0. The lowest BCUT2D eigenvalue weighted by Gasteiger charge is -2.08. The number of carbonyl (C=O) groups excluding carboxylic acids is 1. The minimum atomic E-state index is -1.01. The number of halogens is 1. The molecule has 1 atom stereocenters. The molecule has 0 heterocycles. The first-order valence-corrected chi connectivity index (χ1v) is 7.02. The third-order valence-corrected chi connectivity index (χ3v) is 3.10. The standard InChI is InChI=1S/C15H27FO2/c1-4-5-6-7-8-9-10-11-14(16)13(2)12-15(17)18-3/h12,14H,4-11H2,1-3H3/b13-12+. The second-order valence-electron chi connectivity index (χ2n) is 4.79. The van der Waals surface area contributed by atoms with Crippen LogP contribution in [0.4, 0.5) is 4.39 Å². The zero-order chi connectivity index (χ0) is 13.8. The van der Waals surface area contributed by atoms with E-state index in [0.29, 0.717) is 12.0 Å². The molecule has 0 aromatic rings. The van der Waals surface area contributed by atoms with Gasteiger partial charge in [0.2, 0.25) is 0 Å². The number of hydrogen-bond acceptors (Lipinski definition) is 2. The number of allylic oxidation sites excluding steroid dienone is 1. The monoisotopic (exact) mass is 258 g/mol. The molecule has 0 bridgehead atoms. The fraction of sp³-hybridized carbons (Fsp3) is 0.800. The lowest BCUT2D eigenvalue weighted by atomic mass is 10.0. The predicted octanol–water partition coefficient (Wildman–Crippen LogP) is 4.58. The van der Waals surface area contributed by atoms with Crippen LogP contribution < -0.4 is 0 Å². The van der Waals surface area contributed by atoms with Gasteiger partial charge in [0.25, 0.3) is 0 Å². The summed E-state index contributed by atoms with van der Waals surface area (Å²) >= 11 is 0. The molecule has 0 aromatic heterocycles. The van der Waals surface area contributed by atoms with Crippen molar-refractivity contribution in [2.75, 3.05) is 7.11 Å². The van der Waals surface area contributed by atoms with E-state index < -0.39 is 12.1 Å². The number of carbonyl (C=O) groups is 1. The normalized spacial score (nSPS) is 13.4. The van der Waals surface area contributed by atoms with Crippen molar-refractivity contribution in [1.82, 2.24) is 0 Å². The van der Waals surface area contributed by atoms with E-state index in [9.17, 15) is 9.18 Å². The lowest BCUT2D eigenvalue weighted by molar-refractivity contribution is -0.134. The van der Waals surface area contributed by atoms with Crippen molar-refractivity contribution in [2.45, 2.75) is 71.4 Å². The molecule has 0 aliphatic rings. The molecule has 0 spiro atoms. The van der Waals surface area contributed by atoms with Gasteiger partial charge in [0.05, 0.1) is 7.11 Å². The van der Waals surface area contributed by atoms with Gasteiger partial charge in [-0.3, -0.25) is 0 Å². The Hall–Kier alpha value is -0.860. The van der Waals surface area contributed by atoms with Crippen molar-refractivity contribution in [3.63, 3.8) is 0 Å². The second kappa shape index (κ2) is 11.2. The maximum atomic E-state index is 13.6. The van der Waals surface area contributed by atoms with Gasteiger partial charge in [-0.15, -0.1) is 0 Å². The molecule has 0 aliphatic carbocycles. The minimum absolute atomic E-state index is 0.466. The largest absolute Gasteiger partial charge is 0.466 e. The molecular weight excluding hydrogens is 231 g/mol. The Labute approximate surface area is 111 Å². The van der Waals surface area contributed by atoms with Crippen molar-refractivity contribution >= 4 is 5.97 Å². The molecule has 2 nitrogen and oxygen atoms in total. The van der Waals surface area contributed by atoms with E-state index in [4.69, 9.17) is 0 Å². The Morgan fingerprint density at radius 3 is 2.28 bits per heavy atom. The molecule has 3 heteroatoms. The molecular formula is C15H27FO2. The Morgan fingerprint density at radius 1 is 1.17 bits per heavy atom. The average Bonchev–Trinajstić information content (AvgIpc) is 2.37. The van der Waals surface area contributed by atoms with Crippen LogP contribution in [0.3, 0.4) is 0 Å². The lowest BCUT2D eigenvalue weighted by Crippen LogP contribution is -2.05. The molecule has 0 N–H and O–H groups in total. The molecule has 0 radical (unpaired) electrons. The van der Waals surface area contributed by atoms with Gasteiger partial charge >= 0.3 is 5.97 Å². The van der Waals surface area contributed by atoms with E-state index in [0.717, 1.165) is 12.8 Å². The summed E-state index contributed by atoms with van der Waals surface area (Å²) in [5, 5.41) is 0. The Kier molecular flexibility index (Phi) is 10.7. The number of hydrogen-bond donors (Lipinski definition) is 0. The molecule has 0 saturated heterocycles. The Morgan fingerprint density at radius 2 is 1.72 bits per heavy atom. The van der Waals surface area contributed by atoms with Gasteiger partial charge in [0.15, 0.2) is 0 Å². The summed E-state index contributed by atoms with van der Waals surface area (Å²) in [6.07, 6.45) is 8.98. The number of esters is 1. The number of ether oxygens (including phenoxy) is 1. The number of alkyl halides is 1. The first-order valence-electron chi connectivity index (χ1n) is 7.02. The van der Waals surface area contributed by atoms with Gasteiger partial charge in [0, 0.05) is 6.08 Å². The first-order chi connectivity index (χ1) is 8.61. The smallest absolute Gasteiger partial charge is 0.330 e. The quantitative estimate of drug-likeness (QED) is 0.325. The van der Waals surface area contributed by atoms with E-state index in [1.165, 1.54) is 45.3 Å². The van der Waals surface area contributed by atoms with Gasteiger partial charge in [0.1, 0.15) is 6.17 Å². The molecule has 18 heavy (non-hydrogen) atoms. The maximum absolute atomic E-state index is 13.6. The number of rotatable bonds is 10. The van der Waals surface area contributed by atoms with E-state index in [-0.39, 0.29) is 0 Å². The van der Waals surface area contributed by atoms with E-state index in [2.05, 4.69) is 11.7 Å². The second-order valence-corrected chi connectivity index (χ2v) is 4.79. The van der Waals surface area contributed by atoms with Gasteiger partial charge in [-0.2, -0.15) is 0 Å². The van der Waals surface area contributed by atoms with Crippen molar-refractivity contribution in [1.29, 1.82) is 0 Å². The molecule has 1 unspecified atom stereocenters. The summed E-state index contributed by atoms with van der Waals surface area (Å²) in [5.74, 6) is -0.477. The summed E-state index contributed by atoms with van der Waals surface area (Å²) in [5.41, 5.74) is 0.466. The Balaban J connectivity index is 3.61. The predicted molar refractivity (Wildman–Crippen MR) is 73.3 cm³/mol. The van der Waals surface area contributed by atoms with Crippen LogP contribution in [0.5, 0.6) is 0 Å². The third kappa shape index (κ3) is 9.20. The average molecular weight is 258 g/mol. The van der Waals surface area contributed by atoms with E-state index >= 15 is 0 Å². The summed E-state index contributed by atoms with van der Waals surface area (Å²) in [6.45, 7) is 3.84. The molecule has 0 fully saturated rings. The van der Waals surface area contributed by atoms with Crippen molar-refractivity contribution in [3.05, 3.63) is 11.6 Å². The van der Waals surface area contributed by atoms with Crippen LogP contribution in [0.15, 0.2) is 11.6 Å². The van der Waals surface area contributed by atoms with Crippen LogP contribution in [0.2, 0.25) is 0 Å². The molecule has 0 rings (SSSR count). The fourth-order valence-corrected chi connectivity index (χ4v) is 1.84. The molecule has 0 amide bonds. The highest BCUT2D eigenvalue weighted by atomic mass is 19.1. The highest BCUT2D eigenvalue weighted by molar-refractivity contribution is 5.82. The van der Waals surface area contributed by atoms with Crippen molar-refractivity contribution in [3.8, 4) is 0 Å². The van der Waals surface area contributed by atoms with Crippen LogP contribution >= 0.6 is 0 Å². The highest BCUT2D eigenvalue weighted by Crippen LogP contribution is 2.16. The van der Waals surface area contributed by atoms with E-state index in [1.807, 2.05) is 0 Å². The molecule has 0 aliphatic heterocycles. The van der Waals surface area contributed by atoms with Crippen molar-refractivity contribution in [2.24, 2.45) is 0 Å². The summed E-state index contributed by atoms with van der Waals surface area (Å²) in [4.78, 5) is 10.9. The Bertz CT molecular complexity index is 249. The SMILES string of the molecule is CCCCCCCCCC(F)/C(C)=C/C(=O)OC. The third-order valence-electron chi connectivity index (χ3n) is 3.10. The van der Waals surface area contributed by atoms with Gasteiger partial charge in [-0.25, -0.2) is 9.18 Å². The summed E-state index contributed by atoms with van der Waals surface area (Å²) in [7, 11) is 1.30. The fourth-order valence-electron chi connectivity index (χ4n) is 1.84. The molecule has 106 valence electrons. The molecule has 0 saturated carbocycles. The minimum Gasteiger partial charge on any atom is -0.466 e. The maximum Gasteiger partial charge on any atom is 0.330 e. The van der Waals surface area contributed by atoms with Crippen molar-refractivity contribution < 1.29 is 13.9 Å². The van der Waals surface area contributed by atoms with Gasteiger partial charge in [-0.1, -0.05) is 51.9 Å². The molecule has 0 aromatic carbocycles. The number of methoxy groups -OCH3 is 1. The summed E-state index contributed by atoms with van der Waals surface area (Å²) < 4.78 is 18.1. The zero-order valence-corrected chi connectivity index (χ0v) is 12.0. The van der Waals surface area contributed by atoms with Crippen LogP contribution in [0, 0.1) is 0 Å². The van der Waals surface area contributed by atoms with Crippen LogP contribution in [0.25, 0.3) is 0 Å². The van der Waals surface area contributed by atoms with Crippen LogP contribution in [-0.4, -0.2) is 19.3 Å². The summed E-state index contributed by atoms with van der Waals surface area (Å²) in [6, 6.07) is 0.